The molecule has 1 aromatic rings. The molecule has 3 nitrogen and oxygen atoms in total. The standard InChI is InChI=1S/C12H16BrNO2/c1-3-7-14-12(15)9(2)16-11-6-4-5-10(13)8-11/h4-6,8-9H,3,7H2,1-2H3,(H,14,15). The second-order valence-electron chi connectivity index (χ2n) is 3.51. The van der Waals surface area contributed by atoms with Gasteiger partial charge in [0.05, 0.1) is 0 Å². The van der Waals surface area contributed by atoms with E-state index in [0.29, 0.717) is 12.3 Å². The van der Waals surface area contributed by atoms with Gasteiger partial charge in [0.2, 0.25) is 0 Å². The predicted octanol–water partition coefficient (Wildman–Crippen LogP) is 2.74. The largest absolute Gasteiger partial charge is 0.481 e. The molecule has 1 rings (SSSR count). The van der Waals surface area contributed by atoms with E-state index >= 15 is 0 Å². The molecule has 0 saturated carbocycles. The van der Waals surface area contributed by atoms with Gasteiger partial charge in [-0.15, -0.1) is 0 Å². The van der Waals surface area contributed by atoms with E-state index < -0.39 is 6.10 Å². The first-order valence-corrected chi connectivity index (χ1v) is 6.12. The maximum absolute atomic E-state index is 11.5. The molecule has 0 aliphatic carbocycles. The molecule has 0 spiro atoms. The Hall–Kier alpha value is -1.03. The van der Waals surface area contributed by atoms with E-state index in [1.54, 1.807) is 6.92 Å². The van der Waals surface area contributed by atoms with Gasteiger partial charge in [0.15, 0.2) is 6.10 Å². The van der Waals surface area contributed by atoms with Crippen molar-refractivity contribution in [2.75, 3.05) is 6.54 Å². The predicted molar refractivity (Wildman–Crippen MR) is 67.5 cm³/mol. The Balaban J connectivity index is 2.50. The summed E-state index contributed by atoms with van der Waals surface area (Å²) in [6.45, 7) is 4.44. The first-order valence-electron chi connectivity index (χ1n) is 5.33. The van der Waals surface area contributed by atoms with Crippen molar-refractivity contribution in [1.82, 2.24) is 5.32 Å². The number of amides is 1. The monoisotopic (exact) mass is 285 g/mol. The van der Waals surface area contributed by atoms with Crippen molar-refractivity contribution in [3.05, 3.63) is 28.7 Å². The second kappa shape index (κ2) is 6.53. The van der Waals surface area contributed by atoms with Gasteiger partial charge in [0.1, 0.15) is 5.75 Å². The molecule has 0 aromatic heterocycles. The lowest BCUT2D eigenvalue weighted by atomic mass is 10.3. The molecule has 0 heterocycles. The molecule has 1 atom stereocenters. The van der Waals surface area contributed by atoms with E-state index in [1.165, 1.54) is 0 Å². The van der Waals surface area contributed by atoms with Crippen LogP contribution in [0.1, 0.15) is 20.3 Å². The minimum atomic E-state index is -0.471. The summed E-state index contributed by atoms with van der Waals surface area (Å²) in [6, 6.07) is 7.45. The third-order valence-corrected chi connectivity index (χ3v) is 2.52. The fourth-order valence-corrected chi connectivity index (χ4v) is 1.57. The average Bonchev–Trinajstić information content (AvgIpc) is 2.25. The molecule has 0 bridgehead atoms. The number of hydrogen-bond donors (Lipinski definition) is 1. The van der Waals surface area contributed by atoms with Gasteiger partial charge in [-0.3, -0.25) is 4.79 Å². The molecule has 88 valence electrons. The van der Waals surface area contributed by atoms with Crippen LogP contribution in [0.25, 0.3) is 0 Å². The lowest BCUT2D eigenvalue weighted by Gasteiger charge is -2.14. The number of ether oxygens (including phenoxy) is 1. The highest BCUT2D eigenvalue weighted by atomic mass is 79.9. The highest BCUT2D eigenvalue weighted by Crippen LogP contribution is 2.18. The molecule has 4 heteroatoms. The molecular formula is C12H16BrNO2. The molecule has 0 aliphatic heterocycles. The number of carbonyl (C=O) groups is 1. The van der Waals surface area contributed by atoms with Crippen molar-refractivity contribution in [2.45, 2.75) is 26.4 Å². The van der Waals surface area contributed by atoms with Crippen molar-refractivity contribution in [2.24, 2.45) is 0 Å². The van der Waals surface area contributed by atoms with Crippen LogP contribution in [0.3, 0.4) is 0 Å². The minimum absolute atomic E-state index is 0.0816. The van der Waals surface area contributed by atoms with Gasteiger partial charge in [-0.05, 0) is 31.5 Å². The van der Waals surface area contributed by atoms with Crippen LogP contribution in [0.2, 0.25) is 0 Å². The maximum atomic E-state index is 11.5. The second-order valence-corrected chi connectivity index (χ2v) is 4.42. The highest BCUT2D eigenvalue weighted by Gasteiger charge is 2.13. The summed E-state index contributed by atoms with van der Waals surface area (Å²) in [5.74, 6) is 0.607. The number of hydrogen-bond acceptors (Lipinski definition) is 2. The summed E-state index contributed by atoms with van der Waals surface area (Å²) < 4.78 is 6.45. The van der Waals surface area contributed by atoms with Gasteiger partial charge in [-0.1, -0.05) is 28.9 Å². The van der Waals surface area contributed by atoms with Gasteiger partial charge in [0, 0.05) is 11.0 Å². The molecule has 1 amide bonds. The number of rotatable bonds is 5. The Morgan fingerprint density at radius 2 is 2.31 bits per heavy atom. The van der Waals surface area contributed by atoms with E-state index in [2.05, 4.69) is 21.2 Å². The molecule has 0 fully saturated rings. The third kappa shape index (κ3) is 4.23. The first kappa shape index (κ1) is 13.0. The summed E-state index contributed by atoms with van der Waals surface area (Å²) >= 11 is 3.35. The lowest BCUT2D eigenvalue weighted by Crippen LogP contribution is -2.36. The lowest BCUT2D eigenvalue weighted by molar-refractivity contribution is -0.127. The summed E-state index contributed by atoms with van der Waals surface area (Å²) in [5.41, 5.74) is 0. The van der Waals surface area contributed by atoms with Crippen molar-refractivity contribution >= 4 is 21.8 Å². The quantitative estimate of drug-likeness (QED) is 0.903. The smallest absolute Gasteiger partial charge is 0.260 e. The number of carbonyl (C=O) groups excluding carboxylic acids is 1. The molecule has 0 saturated heterocycles. The minimum Gasteiger partial charge on any atom is -0.481 e. The van der Waals surface area contributed by atoms with Crippen molar-refractivity contribution in [3.63, 3.8) is 0 Å². The molecule has 0 radical (unpaired) electrons. The molecule has 16 heavy (non-hydrogen) atoms. The van der Waals surface area contributed by atoms with Crippen LogP contribution in [0.5, 0.6) is 5.75 Å². The van der Waals surface area contributed by atoms with Crippen molar-refractivity contribution < 1.29 is 9.53 Å². The molecule has 1 aromatic carbocycles. The van der Waals surface area contributed by atoms with Gasteiger partial charge < -0.3 is 10.1 Å². The Morgan fingerprint density at radius 3 is 2.94 bits per heavy atom. The van der Waals surface area contributed by atoms with Gasteiger partial charge in [-0.2, -0.15) is 0 Å². The topological polar surface area (TPSA) is 38.3 Å². The van der Waals surface area contributed by atoms with Crippen molar-refractivity contribution in [1.29, 1.82) is 0 Å². The van der Waals surface area contributed by atoms with E-state index in [1.807, 2.05) is 31.2 Å². The van der Waals surface area contributed by atoms with E-state index in [-0.39, 0.29) is 5.91 Å². The summed E-state index contributed by atoms with van der Waals surface area (Å²) in [5, 5.41) is 2.79. The fourth-order valence-electron chi connectivity index (χ4n) is 1.19. The Bertz CT molecular complexity index is 355. The highest BCUT2D eigenvalue weighted by molar-refractivity contribution is 9.10. The van der Waals surface area contributed by atoms with Gasteiger partial charge in [0.25, 0.3) is 5.91 Å². The van der Waals surface area contributed by atoms with Crippen LogP contribution in [0.15, 0.2) is 28.7 Å². The van der Waals surface area contributed by atoms with Crippen LogP contribution < -0.4 is 10.1 Å². The summed E-state index contributed by atoms with van der Waals surface area (Å²) in [4.78, 5) is 11.5. The maximum Gasteiger partial charge on any atom is 0.260 e. The van der Waals surface area contributed by atoms with E-state index in [0.717, 1.165) is 10.9 Å². The zero-order valence-corrected chi connectivity index (χ0v) is 11.1. The molecule has 1 unspecified atom stereocenters. The van der Waals surface area contributed by atoms with Gasteiger partial charge in [-0.25, -0.2) is 0 Å². The van der Waals surface area contributed by atoms with Crippen LogP contribution in [0, 0.1) is 0 Å². The Labute approximate surface area is 104 Å². The zero-order valence-electron chi connectivity index (χ0n) is 9.50. The van der Waals surface area contributed by atoms with Gasteiger partial charge >= 0.3 is 0 Å². The zero-order chi connectivity index (χ0) is 12.0. The van der Waals surface area contributed by atoms with Crippen LogP contribution >= 0.6 is 15.9 Å². The number of nitrogens with one attached hydrogen (secondary N) is 1. The Morgan fingerprint density at radius 1 is 1.56 bits per heavy atom. The van der Waals surface area contributed by atoms with Crippen LogP contribution in [-0.2, 0) is 4.79 Å². The molecule has 1 N–H and O–H groups in total. The normalized spacial score (nSPS) is 11.9. The van der Waals surface area contributed by atoms with E-state index in [9.17, 15) is 4.79 Å². The number of halogens is 1. The third-order valence-electron chi connectivity index (χ3n) is 2.03. The summed E-state index contributed by atoms with van der Waals surface area (Å²) in [7, 11) is 0. The van der Waals surface area contributed by atoms with Crippen LogP contribution in [-0.4, -0.2) is 18.6 Å². The fraction of sp³-hybridized carbons (Fsp3) is 0.417. The van der Waals surface area contributed by atoms with Crippen LogP contribution in [0.4, 0.5) is 0 Å². The average molecular weight is 286 g/mol. The first-order chi connectivity index (χ1) is 7.63. The SMILES string of the molecule is CCCNC(=O)C(C)Oc1cccc(Br)c1. The molecular weight excluding hydrogens is 270 g/mol. The number of benzene rings is 1. The van der Waals surface area contributed by atoms with Crippen molar-refractivity contribution in [3.8, 4) is 5.75 Å². The van der Waals surface area contributed by atoms with E-state index in [4.69, 9.17) is 4.74 Å². The summed E-state index contributed by atoms with van der Waals surface area (Å²) in [6.07, 6.45) is 0.455. The molecule has 0 aliphatic rings. The Kier molecular flexibility index (Phi) is 5.32.